The highest BCUT2D eigenvalue weighted by molar-refractivity contribution is 5.93. The Balaban J connectivity index is 1.28. The van der Waals surface area contributed by atoms with Crippen LogP contribution in [0.15, 0.2) is 131 Å². The van der Waals surface area contributed by atoms with Gasteiger partial charge in [-0.05, 0) is 77.4 Å². The summed E-state index contributed by atoms with van der Waals surface area (Å²) in [6.07, 6.45) is 8.69. The molecule has 0 saturated heterocycles. The van der Waals surface area contributed by atoms with Crippen molar-refractivity contribution in [1.82, 2.24) is 0 Å². The molecule has 0 spiro atoms. The van der Waals surface area contributed by atoms with E-state index in [-0.39, 0.29) is 39.5 Å². The number of methoxy groups -OCH3 is 3. The van der Waals surface area contributed by atoms with Crippen molar-refractivity contribution < 1.29 is 57.1 Å². The molecule has 0 aliphatic carbocycles. The molecule has 0 radical (unpaired) electrons. The van der Waals surface area contributed by atoms with Crippen LogP contribution in [0.3, 0.4) is 0 Å². The second-order valence-corrected chi connectivity index (χ2v) is 12.4. The number of rotatable bonds is 14. The summed E-state index contributed by atoms with van der Waals surface area (Å²) in [7, 11) is 4.53. The van der Waals surface area contributed by atoms with Crippen molar-refractivity contribution in [2.45, 2.75) is 0 Å². The Kier molecular flexibility index (Phi) is 12.8. The minimum absolute atomic E-state index is 0.0265. The van der Waals surface area contributed by atoms with Crippen LogP contribution in [0.25, 0.3) is 40.5 Å². The third kappa shape index (κ3) is 10.4. The minimum atomic E-state index is -0.820. The van der Waals surface area contributed by atoms with Crippen LogP contribution in [0.5, 0.6) is 40.2 Å². The third-order valence-electron chi connectivity index (χ3n) is 8.48. The van der Waals surface area contributed by atoms with Crippen molar-refractivity contribution in [2.75, 3.05) is 21.3 Å². The van der Waals surface area contributed by atoms with Crippen LogP contribution in [0.1, 0.15) is 27.0 Å². The molecule has 13 heteroatoms. The Morgan fingerprint density at radius 3 is 1.73 bits per heavy atom. The van der Waals surface area contributed by atoms with E-state index in [9.17, 15) is 29.1 Å². The number of esters is 3. The molecule has 1 heterocycles. The van der Waals surface area contributed by atoms with Crippen molar-refractivity contribution in [3.63, 3.8) is 0 Å². The van der Waals surface area contributed by atoms with Crippen molar-refractivity contribution in [3.8, 4) is 51.6 Å². The molecule has 0 fully saturated rings. The smallest absolute Gasteiger partial charge is 0.336 e. The summed E-state index contributed by atoms with van der Waals surface area (Å²) in [5.41, 5.74) is 1.86. The first kappa shape index (κ1) is 40.5. The zero-order valence-electron chi connectivity index (χ0n) is 31.7. The lowest BCUT2D eigenvalue weighted by Gasteiger charge is -2.12. The maximum Gasteiger partial charge on any atom is 0.336 e. The molecule has 5 aromatic carbocycles. The van der Waals surface area contributed by atoms with E-state index < -0.39 is 29.1 Å². The van der Waals surface area contributed by atoms with E-state index in [1.165, 1.54) is 76.0 Å². The van der Waals surface area contributed by atoms with Crippen LogP contribution in [0.4, 0.5) is 0 Å². The van der Waals surface area contributed by atoms with E-state index in [0.29, 0.717) is 45.8 Å². The van der Waals surface area contributed by atoms with E-state index in [1.807, 2.05) is 0 Å². The van der Waals surface area contributed by atoms with Gasteiger partial charge in [0.1, 0.15) is 40.3 Å². The predicted octanol–water partition coefficient (Wildman–Crippen LogP) is 7.86. The fourth-order valence-electron chi connectivity index (χ4n) is 5.56. The van der Waals surface area contributed by atoms with Gasteiger partial charge in [0.25, 0.3) is 0 Å². The number of carbonyl (C=O) groups excluding carboxylic acids is 4. The van der Waals surface area contributed by atoms with Gasteiger partial charge >= 0.3 is 17.9 Å². The number of hydrogen-bond acceptors (Lipinski definition) is 13. The molecule has 0 saturated carbocycles. The molecular formula is C46H34O13. The second-order valence-electron chi connectivity index (χ2n) is 12.4. The largest absolute Gasteiger partial charge is 0.507 e. The molecule has 6 aromatic rings. The number of carbonyl (C=O) groups is 4. The monoisotopic (exact) mass is 794 g/mol. The molecule has 296 valence electrons. The predicted molar refractivity (Wildman–Crippen MR) is 218 cm³/mol. The molecule has 0 atom stereocenters. The van der Waals surface area contributed by atoms with E-state index in [2.05, 4.69) is 0 Å². The first-order valence-electron chi connectivity index (χ1n) is 17.6. The lowest BCUT2D eigenvalue weighted by Crippen LogP contribution is -2.09. The molecule has 1 N–H and O–H groups in total. The molecule has 1 aromatic heterocycles. The summed E-state index contributed by atoms with van der Waals surface area (Å²) in [6, 6.07) is 26.1. The summed E-state index contributed by atoms with van der Waals surface area (Å²) >= 11 is 0. The molecule has 0 amide bonds. The van der Waals surface area contributed by atoms with Crippen LogP contribution in [0, 0.1) is 0 Å². The lowest BCUT2D eigenvalue weighted by molar-refractivity contribution is -0.131. The van der Waals surface area contributed by atoms with Crippen LogP contribution in [-0.2, 0) is 14.4 Å². The fraction of sp³-hybridized carbons (Fsp3) is 0.0652. The van der Waals surface area contributed by atoms with E-state index >= 15 is 0 Å². The number of aldehydes is 1. The minimum Gasteiger partial charge on any atom is -0.507 e. The number of phenolic OH excluding ortho intramolecular Hbond substituents is 1. The van der Waals surface area contributed by atoms with Crippen molar-refractivity contribution in [3.05, 3.63) is 154 Å². The molecule has 0 aliphatic heterocycles. The first-order chi connectivity index (χ1) is 28.5. The van der Waals surface area contributed by atoms with Gasteiger partial charge in [-0.15, -0.1) is 0 Å². The topological polar surface area (TPSA) is 174 Å². The fourth-order valence-corrected chi connectivity index (χ4v) is 5.56. The van der Waals surface area contributed by atoms with Crippen LogP contribution in [0.2, 0.25) is 0 Å². The quantitative estimate of drug-likeness (QED) is 0.0489. The number of aromatic hydroxyl groups is 1. The van der Waals surface area contributed by atoms with Crippen LogP contribution in [-0.4, -0.2) is 50.6 Å². The van der Waals surface area contributed by atoms with Crippen molar-refractivity contribution in [2.24, 2.45) is 0 Å². The van der Waals surface area contributed by atoms with Crippen LogP contribution >= 0.6 is 0 Å². The summed E-state index contributed by atoms with van der Waals surface area (Å²) in [5, 5.41) is 10.5. The van der Waals surface area contributed by atoms with Crippen molar-refractivity contribution >= 4 is 53.4 Å². The Morgan fingerprint density at radius 1 is 0.542 bits per heavy atom. The van der Waals surface area contributed by atoms with Gasteiger partial charge in [0.15, 0.2) is 28.4 Å². The zero-order chi connectivity index (χ0) is 41.9. The molecule has 13 nitrogen and oxygen atoms in total. The maximum atomic E-state index is 13.3. The normalized spacial score (nSPS) is 11.2. The maximum absolute atomic E-state index is 13.3. The first-order valence-corrected chi connectivity index (χ1v) is 17.6. The lowest BCUT2D eigenvalue weighted by atomic mass is 10.1. The van der Waals surface area contributed by atoms with Gasteiger partial charge in [0.05, 0.1) is 21.3 Å². The number of ether oxygens (including phenoxy) is 6. The number of fused-ring (bicyclic) bond motifs is 1. The van der Waals surface area contributed by atoms with Gasteiger partial charge in [0.2, 0.25) is 0 Å². The molecule has 0 bridgehead atoms. The summed E-state index contributed by atoms with van der Waals surface area (Å²) in [5.74, 6) is -1.80. The highest BCUT2D eigenvalue weighted by atomic mass is 16.6. The molecule has 6 rings (SSSR count). The SMILES string of the molecule is COc1ccc(/C=C/C(=O)Oc2cc(-c3cc(=O)c4c(O)cc(OC(=O)/C=C/c5ccc(C=O)cc5)cc4o3)ccc2OC(=O)/C=C/c2ccc(OC)c(OC)c2)cc1. The summed E-state index contributed by atoms with van der Waals surface area (Å²) in [4.78, 5) is 62.9. The zero-order valence-corrected chi connectivity index (χ0v) is 31.7. The van der Waals surface area contributed by atoms with Gasteiger partial charge in [0, 0.05) is 47.6 Å². The Labute approximate surface area is 336 Å². The van der Waals surface area contributed by atoms with Gasteiger partial charge in [-0.1, -0.05) is 42.5 Å². The van der Waals surface area contributed by atoms with E-state index in [1.54, 1.807) is 66.7 Å². The summed E-state index contributed by atoms with van der Waals surface area (Å²) in [6.45, 7) is 0. The molecular weight excluding hydrogens is 760 g/mol. The standard InChI is InChI=1S/C46H34O13/c1-53-33-15-8-29(9-16-33)12-20-45(52)59-41-23-32(14-18-38(41)58-44(51)21-13-30-10-17-37(54-2)40(22-30)55-3)39-26-36(49)46-35(48)24-34(25-42(46)57-39)56-43(50)19-11-28-4-6-31(27-47)7-5-28/h4-27,48H,1-3H3/b19-11+,20-12+,21-13+. The van der Waals surface area contributed by atoms with Gasteiger partial charge in [-0.2, -0.15) is 0 Å². The molecule has 0 unspecified atom stereocenters. The average Bonchev–Trinajstić information content (AvgIpc) is 3.24. The molecule has 59 heavy (non-hydrogen) atoms. The van der Waals surface area contributed by atoms with Gasteiger partial charge in [-0.25, -0.2) is 14.4 Å². The third-order valence-corrected chi connectivity index (χ3v) is 8.48. The van der Waals surface area contributed by atoms with Gasteiger partial charge < -0.3 is 37.9 Å². The second kappa shape index (κ2) is 18.6. The summed E-state index contributed by atoms with van der Waals surface area (Å²) < 4.78 is 38.3. The van der Waals surface area contributed by atoms with E-state index in [0.717, 1.165) is 18.2 Å². The van der Waals surface area contributed by atoms with E-state index in [4.69, 9.17) is 32.8 Å². The Morgan fingerprint density at radius 2 is 1.10 bits per heavy atom. The molecule has 0 aliphatic rings. The average molecular weight is 795 g/mol. The number of benzene rings is 5. The number of hydrogen-bond donors (Lipinski definition) is 1. The Hall–Kier alpha value is -8.19. The van der Waals surface area contributed by atoms with Crippen molar-refractivity contribution in [1.29, 1.82) is 0 Å². The number of phenols is 1. The van der Waals surface area contributed by atoms with Gasteiger partial charge in [-0.3, -0.25) is 9.59 Å². The van der Waals surface area contributed by atoms with Crippen LogP contribution < -0.4 is 33.8 Å². The highest BCUT2D eigenvalue weighted by Crippen LogP contribution is 2.36. The Bertz CT molecular complexity index is 2690. The highest BCUT2D eigenvalue weighted by Gasteiger charge is 2.18.